The predicted octanol–water partition coefficient (Wildman–Crippen LogP) is 3.65. The zero-order valence-electron chi connectivity index (χ0n) is 24.7. The molecule has 3 amide bonds. The van der Waals surface area contributed by atoms with E-state index in [1.165, 1.54) is 0 Å². The van der Waals surface area contributed by atoms with Crippen molar-refractivity contribution in [1.82, 2.24) is 35.3 Å². The lowest BCUT2D eigenvalue weighted by Crippen LogP contribution is -2.49. The molecule has 0 spiro atoms. The number of thioether (sulfide) groups is 1. The number of aromatic nitrogens is 4. The lowest BCUT2D eigenvalue weighted by atomic mass is 10.0. The molecule has 0 radical (unpaired) electrons. The Kier molecular flexibility index (Phi) is 11.5. The van der Waals surface area contributed by atoms with Crippen LogP contribution in [0.25, 0.3) is 11.4 Å². The molecular formula is C31H41N7O3S. The second kappa shape index (κ2) is 15.5. The van der Waals surface area contributed by atoms with Crippen LogP contribution in [-0.2, 0) is 27.3 Å². The number of nitrogens with one attached hydrogen (secondary N) is 2. The molecule has 1 aliphatic heterocycles. The lowest BCUT2D eigenvalue weighted by molar-refractivity contribution is -0.132. The van der Waals surface area contributed by atoms with Gasteiger partial charge in [-0.15, -0.1) is 0 Å². The van der Waals surface area contributed by atoms with Gasteiger partial charge in [0.1, 0.15) is 6.04 Å². The van der Waals surface area contributed by atoms with Crippen molar-refractivity contribution in [2.75, 3.05) is 25.1 Å². The van der Waals surface area contributed by atoms with E-state index >= 15 is 0 Å². The van der Waals surface area contributed by atoms with Gasteiger partial charge in [-0.25, -0.2) is 9.67 Å². The fourth-order valence-corrected chi connectivity index (χ4v) is 5.45. The number of pyridine rings is 1. The summed E-state index contributed by atoms with van der Waals surface area (Å²) >= 11 is 1.63. The zero-order chi connectivity index (χ0) is 29.9. The van der Waals surface area contributed by atoms with Crippen molar-refractivity contribution in [3.05, 3.63) is 66.2 Å². The largest absolute Gasteiger partial charge is 0.344 e. The number of nitrogens with zero attached hydrogens (tertiary/aromatic N) is 5. The minimum atomic E-state index is -0.655. The molecule has 224 valence electrons. The third-order valence-electron chi connectivity index (χ3n) is 7.38. The second-order valence-corrected chi connectivity index (χ2v) is 11.8. The summed E-state index contributed by atoms with van der Waals surface area (Å²) in [6, 6.07) is 12.5. The van der Waals surface area contributed by atoms with Gasteiger partial charge < -0.3 is 15.5 Å². The molecule has 0 unspecified atom stereocenters. The van der Waals surface area contributed by atoms with Crippen LogP contribution in [0.4, 0.5) is 0 Å². The number of amides is 3. The van der Waals surface area contributed by atoms with Gasteiger partial charge in [-0.05, 0) is 54.9 Å². The predicted molar refractivity (Wildman–Crippen MR) is 164 cm³/mol. The Bertz CT molecular complexity index is 1320. The van der Waals surface area contributed by atoms with E-state index in [0.29, 0.717) is 57.0 Å². The lowest BCUT2D eigenvalue weighted by Gasteiger charge is -2.28. The maximum atomic E-state index is 13.5. The highest BCUT2D eigenvalue weighted by Gasteiger charge is 2.30. The summed E-state index contributed by atoms with van der Waals surface area (Å²) in [5.74, 6) is 1.55. The molecule has 10 nitrogen and oxygen atoms in total. The van der Waals surface area contributed by atoms with Crippen LogP contribution in [0, 0.1) is 5.92 Å². The summed E-state index contributed by atoms with van der Waals surface area (Å²) in [7, 11) is 0. The average Bonchev–Trinajstić information content (AvgIpc) is 3.42. The number of fused-ring (bicyclic) bond motifs is 1. The minimum absolute atomic E-state index is 0.00317. The van der Waals surface area contributed by atoms with Gasteiger partial charge in [-0.1, -0.05) is 44.2 Å². The molecule has 2 atom stereocenters. The van der Waals surface area contributed by atoms with E-state index in [-0.39, 0.29) is 30.1 Å². The molecule has 2 N–H and O–H groups in total. The van der Waals surface area contributed by atoms with E-state index in [0.717, 1.165) is 16.9 Å². The summed E-state index contributed by atoms with van der Waals surface area (Å²) in [6.07, 6.45) is 7.66. The van der Waals surface area contributed by atoms with Crippen LogP contribution in [0.5, 0.6) is 0 Å². The monoisotopic (exact) mass is 591 g/mol. The highest BCUT2D eigenvalue weighted by molar-refractivity contribution is 7.98. The van der Waals surface area contributed by atoms with Crippen molar-refractivity contribution in [3.8, 4) is 11.4 Å². The average molecular weight is 592 g/mol. The fourth-order valence-electron chi connectivity index (χ4n) is 4.98. The first-order valence-corrected chi connectivity index (χ1v) is 16.0. The molecule has 0 bridgehead atoms. The number of rotatable bonds is 8. The molecule has 11 heteroatoms. The maximum Gasteiger partial charge on any atom is 0.243 e. The molecule has 1 aliphatic rings. The molecule has 0 aliphatic carbocycles. The van der Waals surface area contributed by atoms with E-state index in [2.05, 4.69) is 15.6 Å². The van der Waals surface area contributed by atoms with E-state index in [1.807, 2.05) is 72.1 Å². The molecule has 2 aromatic heterocycles. The number of hydrogen-bond donors (Lipinski definition) is 2. The molecule has 42 heavy (non-hydrogen) atoms. The number of carbonyl (C=O) groups is 3. The summed E-state index contributed by atoms with van der Waals surface area (Å²) in [5.41, 5.74) is 1.93. The van der Waals surface area contributed by atoms with E-state index in [1.54, 1.807) is 24.2 Å². The van der Waals surface area contributed by atoms with E-state index in [9.17, 15) is 14.4 Å². The Hall–Kier alpha value is -3.73. The Balaban J connectivity index is 1.65. The van der Waals surface area contributed by atoms with Gasteiger partial charge in [0.15, 0.2) is 11.6 Å². The standard InChI is InChI=1S/C31H41N7O3S/c1-22(2)28-30-35-29(24-8-5-4-6-9-24)36-38(30)20-19-37(27(40)12-11-23-13-16-32-17-14-23)18-7-10-26(39)33-25(15-21-42-3)31(41)34-28/h4-6,8-9,13-14,16-17,22,25,28H,7,10-12,15,18-21H2,1-3H3,(H,33,39)(H,34,41)/t25-,28+/m0/s1. The van der Waals surface area contributed by atoms with Crippen molar-refractivity contribution in [2.45, 2.75) is 64.6 Å². The smallest absolute Gasteiger partial charge is 0.243 e. The van der Waals surface area contributed by atoms with Gasteiger partial charge in [0.25, 0.3) is 0 Å². The number of hydrogen-bond acceptors (Lipinski definition) is 7. The summed E-state index contributed by atoms with van der Waals surface area (Å²) < 4.78 is 1.83. The minimum Gasteiger partial charge on any atom is -0.344 e. The van der Waals surface area contributed by atoms with Gasteiger partial charge in [-0.2, -0.15) is 16.9 Å². The quantitative estimate of drug-likeness (QED) is 0.410. The van der Waals surface area contributed by atoms with E-state index < -0.39 is 12.1 Å². The molecule has 3 aromatic rings. The SMILES string of the molecule is CSCC[C@@H]1NC(=O)CCCN(C(=O)CCc2ccncc2)CCn2nc(-c3ccccc3)nc2[C@@H](C(C)C)NC1=O. The molecule has 4 rings (SSSR count). The zero-order valence-corrected chi connectivity index (χ0v) is 25.5. The second-order valence-electron chi connectivity index (χ2n) is 10.9. The van der Waals surface area contributed by atoms with Gasteiger partial charge in [0.2, 0.25) is 17.7 Å². The molecule has 0 fully saturated rings. The summed E-state index contributed by atoms with van der Waals surface area (Å²) in [6.45, 7) is 5.32. The van der Waals surface area contributed by atoms with Crippen molar-refractivity contribution in [2.24, 2.45) is 5.92 Å². The Morgan fingerprint density at radius 2 is 1.81 bits per heavy atom. The van der Waals surface area contributed by atoms with Crippen molar-refractivity contribution in [3.63, 3.8) is 0 Å². The first-order chi connectivity index (χ1) is 20.4. The summed E-state index contributed by atoms with van der Waals surface area (Å²) in [5, 5.41) is 11.0. The van der Waals surface area contributed by atoms with Crippen LogP contribution < -0.4 is 10.6 Å². The van der Waals surface area contributed by atoms with Crippen molar-refractivity contribution >= 4 is 29.5 Å². The Labute approximate surface area is 252 Å². The first kappa shape index (κ1) is 31.2. The van der Waals surface area contributed by atoms with Crippen LogP contribution >= 0.6 is 11.8 Å². The topological polar surface area (TPSA) is 122 Å². The first-order valence-electron chi connectivity index (χ1n) is 14.6. The van der Waals surface area contributed by atoms with Gasteiger partial charge in [0, 0.05) is 43.9 Å². The summed E-state index contributed by atoms with van der Waals surface area (Å²) in [4.78, 5) is 50.6. The number of carbonyl (C=O) groups excluding carboxylic acids is 3. The van der Waals surface area contributed by atoms with Crippen LogP contribution in [0.15, 0.2) is 54.9 Å². The molecular weight excluding hydrogens is 550 g/mol. The van der Waals surface area contributed by atoms with Crippen LogP contribution in [0.1, 0.15) is 57.0 Å². The number of benzene rings is 1. The van der Waals surface area contributed by atoms with Gasteiger partial charge in [-0.3, -0.25) is 19.4 Å². The van der Waals surface area contributed by atoms with Crippen molar-refractivity contribution in [1.29, 1.82) is 0 Å². The molecule has 0 saturated heterocycles. The third kappa shape index (κ3) is 8.64. The van der Waals surface area contributed by atoms with Gasteiger partial charge >= 0.3 is 0 Å². The normalized spacial score (nSPS) is 18.6. The third-order valence-corrected chi connectivity index (χ3v) is 8.02. The van der Waals surface area contributed by atoms with E-state index in [4.69, 9.17) is 10.1 Å². The Morgan fingerprint density at radius 1 is 1.05 bits per heavy atom. The molecule has 1 aromatic carbocycles. The van der Waals surface area contributed by atoms with Crippen molar-refractivity contribution < 1.29 is 14.4 Å². The van der Waals surface area contributed by atoms with Gasteiger partial charge in [0.05, 0.1) is 12.6 Å². The van der Waals surface area contributed by atoms with Crippen LogP contribution in [-0.4, -0.2) is 73.5 Å². The number of aryl methyl sites for hydroxylation is 1. The van der Waals surface area contributed by atoms with Crippen LogP contribution in [0.2, 0.25) is 0 Å². The Morgan fingerprint density at radius 3 is 2.52 bits per heavy atom. The highest BCUT2D eigenvalue weighted by Crippen LogP contribution is 2.25. The highest BCUT2D eigenvalue weighted by atomic mass is 32.2. The van der Waals surface area contributed by atoms with Crippen LogP contribution in [0.3, 0.4) is 0 Å². The molecule has 3 heterocycles. The molecule has 0 saturated carbocycles. The fraction of sp³-hybridized carbons (Fsp3) is 0.484. The maximum absolute atomic E-state index is 13.5.